The zero-order valence-corrected chi connectivity index (χ0v) is 8.70. The standard InChI is InChI=1S/C12H12N4/c13-7-8-3-4-9-11(6-8)15-16-12(9)10-2-1-5-14-10/h1-6,14H,7,13H2,(H,15,16). The van der Waals surface area contributed by atoms with Crippen molar-refractivity contribution in [1.29, 1.82) is 0 Å². The molecule has 0 aliphatic carbocycles. The van der Waals surface area contributed by atoms with Gasteiger partial charge in [0, 0.05) is 18.1 Å². The van der Waals surface area contributed by atoms with E-state index in [-0.39, 0.29) is 0 Å². The summed E-state index contributed by atoms with van der Waals surface area (Å²) in [6.07, 6.45) is 1.89. The summed E-state index contributed by atoms with van der Waals surface area (Å²) in [6.45, 7) is 0.548. The first-order valence-corrected chi connectivity index (χ1v) is 5.19. The summed E-state index contributed by atoms with van der Waals surface area (Å²) >= 11 is 0. The highest BCUT2D eigenvalue weighted by molar-refractivity contribution is 5.92. The molecule has 0 bridgehead atoms. The molecule has 80 valence electrons. The largest absolute Gasteiger partial charge is 0.360 e. The van der Waals surface area contributed by atoms with E-state index in [1.165, 1.54) is 0 Å². The fourth-order valence-electron chi connectivity index (χ4n) is 1.88. The number of hydrogen-bond donors (Lipinski definition) is 3. The highest BCUT2D eigenvalue weighted by Gasteiger charge is 2.08. The molecule has 3 rings (SSSR count). The number of fused-ring (bicyclic) bond motifs is 1. The van der Waals surface area contributed by atoms with Crippen LogP contribution >= 0.6 is 0 Å². The van der Waals surface area contributed by atoms with Gasteiger partial charge in [-0.25, -0.2) is 0 Å². The van der Waals surface area contributed by atoms with E-state index in [0.29, 0.717) is 6.54 Å². The Bertz CT molecular complexity index is 607. The highest BCUT2D eigenvalue weighted by Crippen LogP contribution is 2.25. The Balaban J connectivity index is 2.21. The number of nitrogens with zero attached hydrogens (tertiary/aromatic N) is 1. The van der Waals surface area contributed by atoms with Gasteiger partial charge in [-0.2, -0.15) is 5.10 Å². The topological polar surface area (TPSA) is 70.5 Å². The lowest BCUT2D eigenvalue weighted by Crippen LogP contribution is -1.95. The van der Waals surface area contributed by atoms with Crippen molar-refractivity contribution in [2.75, 3.05) is 0 Å². The third kappa shape index (κ3) is 1.31. The summed E-state index contributed by atoms with van der Waals surface area (Å²) < 4.78 is 0. The average molecular weight is 212 g/mol. The van der Waals surface area contributed by atoms with Crippen LogP contribution in [0.2, 0.25) is 0 Å². The van der Waals surface area contributed by atoms with Crippen LogP contribution in [0.4, 0.5) is 0 Å². The monoisotopic (exact) mass is 212 g/mol. The van der Waals surface area contributed by atoms with Gasteiger partial charge in [0.25, 0.3) is 0 Å². The highest BCUT2D eigenvalue weighted by atomic mass is 15.1. The second-order valence-corrected chi connectivity index (χ2v) is 3.74. The average Bonchev–Trinajstić information content (AvgIpc) is 2.96. The summed E-state index contributed by atoms with van der Waals surface area (Å²) in [5, 5.41) is 8.45. The van der Waals surface area contributed by atoms with E-state index < -0.39 is 0 Å². The van der Waals surface area contributed by atoms with Gasteiger partial charge in [-0.05, 0) is 23.8 Å². The van der Waals surface area contributed by atoms with Crippen LogP contribution in [0, 0.1) is 0 Å². The van der Waals surface area contributed by atoms with Crippen molar-refractivity contribution < 1.29 is 0 Å². The molecule has 2 aromatic heterocycles. The minimum atomic E-state index is 0.548. The number of benzene rings is 1. The second-order valence-electron chi connectivity index (χ2n) is 3.74. The van der Waals surface area contributed by atoms with Crippen LogP contribution in [0.25, 0.3) is 22.3 Å². The lowest BCUT2D eigenvalue weighted by Gasteiger charge is -1.97. The fourth-order valence-corrected chi connectivity index (χ4v) is 1.88. The van der Waals surface area contributed by atoms with Crippen molar-refractivity contribution in [3.63, 3.8) is 0 Å². The lowest BCUT2D eigenvalue weighted by atomic mass is 10.1. The van der Waals surface area contributed by atoms with E-state index >= 15 is 0 Å². The first-order chi connectivity index (χ1) is 7.88. The molecule has 0 amide bonds. The SMILES string of the molecule is NCc1ccc2c(-c3ccc[nH]3)n[nH]c2c1. The maximum Gasteiger partial charge on any atom is 0.116 e. The van der Waals surface area contributed by atoms with Crippen LogP contribution < -0.4 is 5.73 Å². The Morgan fingerprint density at radius 2 is 2.19 bits per heavy atom. The number of H-pyrrole nitrogens is 2. The van der Waals surface area contributed by atoms with Gasteiger partial charge in [0.15, 0.2) is 0 Å². The van der Waals surface area contributed by atoms with Crippen LogP contribution in [0.5, 0.6) is 0 Å². The van der Waals surface area contributed by atoms with Crippen LogP contribution in [-0.4, -0.2) is 15.2 Å². The summed E-state index contributed by atoms with van der Waals surface area (Å²) in [6, 6.07) is 10.1. The molecule has 0 spiro atoms. The zero-order chi connectivity index (χ0) is 11.0. The van der Waals surface area contributed by atoms with Gasteiger partial charge in [0.1, 0.15) is 5.69 Å². The van der Waals surface area contributed by atoms with Gasteiger partial charge in [-0.15, -0.1) is 0 Å². The summed E-state index contributed by atoms with van der Waals surface area (Å²) in [5.74, 6) is 0. The molecule has 0 unspecified atom stereocenters. The zero-order valence-electron chi connectivity index (χ0n) is 8.70. The summed E-state index contributed by atoms with van der Waals surface area (Å²) in [4.78, 5) is 3.15. The number of aromatic amines is 2. The number of nitrogens with one attached hydrogen (secondary N) is 2. The Labute approximate surface area is 92.5 Å². The van der Waals surface area contributed by atoms with Crippen molar-refractivity contribution in [3.8, 4) is 11.4 Å². The molecular formula is C12H12N4. The Kier molecular flexibility index (Phi) is 2.01. The van der Waals surface area contributed by atoms with E-state index in [1.54, 1.807) is 0 Å². The van der Waals surface area contributed by atoms with Gasteiger partial charge in [-0.1, -0.05) is 12.1 Å². The van der Waals surface area contributed by atoms with Gasteiger partial charge in [0.05, 0.1) is 11.2 Å². The van der Waals surface area contributed by atoms with Crippen molar-refractivity contribution in [2.24, 2.45) is 5.73 Å². The van der Waals surface area contributed by atoms with E-state index in [9.17, 15) is 0 Å². The van der Waals surface area contributed by atoms with Gasteiger partial charge in [-0.3, -0.25) is 5.10 Å². The Morgan fingerprint density at radius 1 is 1.25 bits per heavy atom. The molecule has 2 heterocycles. The molecule has 0 aliphatic rings. The first-order valence-electron chi connectivity index (χ1n) is 5.19. The summed E-state index contributed by atoms with van der Waals surface area (Å²) in [7, 11) is 0. The molecule has 4 nitrogen and oxygen atoms in total. The molecular weight excluding hydrogens is 200 g/mol. The maximum atomic E-state index is 5.60. The number of hydrogen-bond acceptors (Lipinski definition) is 2. The molecule has 0 saturated heterocycles. The fraction of sp³-hybridized carbons (Fsp3) is 0.0833. The molecule has 3 aromatic rings. The molecule has 16 heavy (non-hydrogen) atoms. The molecule has 4 N–H and O–H groups in total. The van der Waals surface area contributed by atoms with E-state index in [4.69, 9.17) is 5.73 Å². The third-order valence-corrected chi connectivity index (χ3v) is 2.72. The lowest BCUT2D eigenvalue weighted by molar-refractivity contribution is 1.07. The van der Waals surface area contributed by atoms with Crippen LogP contribution in [0.3, 0.4) is 0 Å². The van der Waals surface area contributed by atoms with Crippen LogP contribution in [-0.2, 0) is 6.54 Å². The predicted octanol–water partition coefficient (Wildman–Crippen LogP) is 2.02. The van der Waals surface area contributed by atoms with Gasteiger partial charge >= 0.3 is 0 Å². The number of aromatic nitrogens is 3. The quantitative estimate of drug-likeness (QED) is 0.608. The molecule has 0 aliphatic heterocycles. The molecule has 0 saturated carbocycles. The second kappa shape index (κ2) is 3.50. The first kappa shape index (κ1) is 9.18. The number of nitrogens with two attached hydrogens (primary N) is 1. The molecule has 0 atom stereocenters. The minimum Gasteiger partial charge on any atom is -0.360 e. The van der Waals surface area contributed by atoms with Crippen molar-refractivity contribution in [2.45, 2.75) is 6.54 Å². The molecule has 4 heteroatoms. The Morgan fingerprint density at radius 3 is 2.94 bits per heavy atom. The van der Waals surface area contributed by atoms with E-state index in [0.717, 1.165) is 27.9 Å². The maximum absolute atomic E-state index is 5.60. The van der Waals surface area contributed by atoms with Gasteiger partial charge < -0.3 is 10.7 Å². The van der Waals surface area contributed by atoms with Crippen LogP contribution in [0.1, 0.15) is 5.56 Å². The minimum absolute atomic E-state index is 0.548. The number of rotatable bonds is 2. The summed E-state index contributed by atoms with van der Waals surface area (Å²) in [5.41, 5.74) is 9.70. The smallest absolute Gasteiger partial charge is 0.116 e. The normalized spacial score (nSPS) is 11.1. The van der Waals surface area contributed by atoms with E-state index in [1.807, 2.05) is 30.5 Å². The molecule has 1 aromatic carbocycles. The van der Waals surface area contributed by atoms with E-state index in [2.05, 4.69) is 21.2 Å². The van der Waals surface area contributed by atoms with Crippen molar-refractivity contribution >= 4 is 10.9 Å². The van der Waals surface area contributed by atoms with Gasteiger partial charge in [0.2, 0.25) is 0 Å². The Hall–Kier alpha value is -2.07. The molecule has 0 fully saturated rings. The van der Waals surface area contributed by atoms with Crippen LogP contribution in [0.15, 0.2) is 36.5 Å². The van der Waals surface area contributed by atoms with Crippen molar-refractivity contribution in [3.05, 3.63) is 42.1 Å². The third-order valence-electron chi connectivity index (χ3n) is 2.72. The molecule has 0 radical (unpaired) electrons. The predicted molar refractivity (Wildman–Crippen MR) is 63.8 cm³/mol. The van der Waals surface area contributed by atoms with Crippen molar-refractivity contribution in [1.82, 2.24) is 15.2 Å².